The summed E-state index contributed by atoms with van der Waals surface area (Å²) in [6, 6.07) is 9.16. The maximum atomic E-state index is 6.27. The van der Waals surface area contributed by atoms with Gasteiger partial charge in [0.25, 0.3) is 0 Å². The highest BCUT2D eigenvalue weighted by molar-refractivity contribution is 6.30. The van der Waals surface area contributed by atoms with Gasteiger partial charge in [0.1, 0.15) is 0 Å². The minimum absolute atomic E-state index is 0.119. The van der Waals surface area contributed by atoms with Crippen LogP contribution in [0.15, 0.2) is 24.3 Å². The first-order valence-corrected chi connectivity index (χ1v) is 7.63. The van der Waals surface area contributed by atoms with E-state index < -0.39 is 0 Å². The number of rotatable bonds is 3. The Morgan fingerprint density at radius 2 is 1.84 bits per heavy atom. The first-order valence-electron chi connectivity index (χ1n) is 7.26. The molecule has 3 heteroatoms. The molecule has 0 saturated carbocycles. The molecule has 2 N–H and O–H groups in total. The molecule has 19 heavy (non-hydrogen) atoms. The number of benzene rings is 1. The molecule has 0 amide bonds. The number of hydrogen-bond donors (Lipinski definition) is 1. The van der Waals surface area contributed by atoms with E-state index in [4.69, 9.17) is 17.3 Å². The maximum absolute atomic E-state index is 6.27. The Morgan fingerprint density at radius 3 is 2.42 bits per heavy atom. The molecule has 1 aromatic carbocycles. The van der Waals surface area contributed by atoms with E-state index in [1.165, 1.54) is 18.4 Å². The highest BCUT2D eigenvalue weighted by atomic mass is 35.5. The quantitative estimate of drug-likeness (QED) is 0.911. The van der Waals surface area contributed by atoms with Crippen molar-refractivity contribution in [3.63, 3.8) is 0 Å². The predicted octanol–water partition coefficient (Wildman–Crippen LogP) is 3.85. The Labute approximate surface area is 121 Å². The Hall–Kier alpha value is -0.570. The second kappa shape index (κ2) is 6.25. The summed E-state index contributed by atoms with van der Waals surface area (Å²) in [5, 5.41) is 0.784. The van der Waals surface area contributed by atoms with Crippen molar-refractivity contribution >= 4 is 11.6 Å². The smallest absolute Gasteiger partial charge is 0.0499 e. The van der Waals surface area contributed by atoms with Crippen molar-refractivity contribution in [1.29, 1.82) is 0 Å². The van der Waals surface area contributed by atoms with Crippen LogP contribution in [0.4, 0.5) is 0 Å². The van der Waals surface area contributed by atoms with E-state index in [1.807, 2.05) is 12.1 Å². The van der Waals surface area contributed by atoms with Crippen LogP contribution in [0.2, 0.25) is 5.02 Å². The Morgan fingerprint density at radius 1 is 1.21 bits per heavy atom. The summed E-state index contributed by atoms with van der Waals surface area (Å²) in [5.74, 6) is 0.754. The van der Waals surface area contributed by atoms with Crippen molar-refractivity contribution in [1.82, 2.24) is 4.90 Å². The third kappa shape index (κ3) is 3.50. The molecule has 1 saturated heterocycles. The highest BCUT2D eigenvalue weighted by Crippen LogP contribution is 2.32. The molecule has 1 aromatic rings. The van der Waals surface area contributed by atoms with Crippen molar-refractivity contribution in [2.24, 2.45) is 11.7 Å². The van der Waals surface area contributed by atoms with Crippen LogP contribution in [0.5, 0.6) is 0 Å². The minimum atomic E-state index is 0.119. The fourth-order valence-electron chi connectivity index (χ4n) is 3.17. The summed E-state index contributed by atoms with van der Waals surface area (Å²) in [6.07, 6.45) is 2.59. The van der Waals surface area contributed by atoms with Crippen molar-refractivity contribution in [2.75, 3.05) is 6.54 Å². The summed E-state index contributed by atoms with van der Waals surface area (Å²) in [6.45, 7) is 7.89. The monoisotopic (exact) mass is 280 g/mol. The highest BCUT2D eigenvalue weighted by Gasteiger charge is 2.31. The largest absolute Gasteiger partial charge is 0.326 e. The van der Waals surface area contributed by atoms with Gasteiger partial charge in [0.2, 0.25) is 0 Å². The fourth-order valence-corrected chi connectivity index (χ4v) is 3.29. The molecular formula is C16H25ClN2. The van der Waals surface area contributed by atoms with Gasteiger partial charge >= 0.3 is 0 Å². The van der Waals surface area contributed by atoms with Gasteiger partial charge in [-0.3, -0.25) is 4.90 Å². The predicted molar refractivity (Wildman–Crippen MR) is 82.4 cm³/mol. The number of hydrogen-bond acceptors (Lipinski definition) is 2. The number of nitrogens with zero attached hydrogens (tertiary/aromatic N) is 1. The summed E-state index contributed by atoms with van der Waals surface area (Å²) < 4.78 is 0. The van der Waals surface area contributed by atoms with Gasteiger partial charge in [-0.1, -0.05) is 30.7 Å². The molecular weight excluding hydrogens is 256 g/mol. The van der Waals surface area contributed by atoms with Gasteiger partial charge in [-0.15, -0.1) is 0 Å². The molecule has 0 aliphatic carbocycles. The SMILES string of the molecule is CC1CCC(C)N(C(c2ccc(Cl)cc2)C(C)N)C1. The normalized spacial score (nSPS) is 28.1. The lowest BCUT2D eigenvalue weighted by molar-refractivity contribution is 0.0660. The van der Waals surface area contributed by atoms with E-state index in [2.05, 4.69) is 37.8 Å². The van der Waals surface area contributed by atoms with Crippen LogP contribution in [0.3, 0.4) is 0 Å². The van der Waals surface area contributed by atoms with Gasteiger partial charge in [0.05, 0.1) is 0 Å². The zero-order valence-corrected chi connectivity index (χ0v) is 12.9. The van der Waals surface area contributed by atoms with Crippen LogP contribution in [-0.2, 0) is 0 Å². The fraction of sp³-hybridized carbons (Fsp3) is 0.625. The third-order valence-electron chi connectivity index (χ3n) is 4.23. The molecule has 1 heterocycles. The minimum Gasteiger partial charge on any atom is -0.326 e. The summed E-state index contributed by atoms with van der Waals surface area (Å²) in [4.78, 5) is 2.57. The van der Waals surface area contributed by atoms with Gasteiger partial charge in [0.15, 0.2) is 0 Å². The molecule has 1 fully saturated rings. The van der Waals surface area contributed by atoms with Gasteiger partial charge in [-0.25, -0.2) is 0 Å². The topological polar surface area (TPSA) is 29.3 Å². The first kappa shape index (κ1) is 14.8. The van der Waals surface area contributed by atoms with E-state index in [0.29, 0.717) is 6.04 Å². The summed E-state index contributed by atoms with van der Waals surface area (Å²) >= 11 is 5.99. The van der Waals surface area contributed by atoms with Gasteiger partial charge < -0.3 is 5.73 Å². The van der Waals surface area contributed by atoms with Crippen molar-refractivity contribution in [3.05, 3.63) is 34.9 Å². The molecule has 0 spiro atoms. The van der Waals surface area contributed by atoms with Crippen LogP contribution in [0.25, 0.3) is 0 Å². The molecule has 1 aliphatic rings. The second-order valence-corrected chi connectivity index (χ2v) is 6.52. The van der Waals surface area contributed by atoms with E-state index in [-0.39, 0.29) is 12.1 Å². The Balaban J connectivity index is 2.26. The molecule has 2 nitrogen and oxygen atoms in total. The van der Waals surface area contributed by atoms with Gasteiger partial charge in [-0.05, 0) is 50.3 Å². The van der Waals surface area contributed by atoms with Crippen molar-refractivity contribution in [2.45, 2.75) is 51.7 Å². The Bertz CT molecular complexity index is 402. The second-order valence-electron chi connectivity index (χ2n) is 6.08. The lowest BCUT2D eigenvalue weighted by atomic mass is 9.89. The lowest BCUT2D eigenvalue weighted by Crippen LogP contribution is -2.48. The maximum Gasteiger partial charge on any atom is 0.0499 e. The van der Waals surface area contributed by atoms with E-state index in [0.717, 1.165) is 17.5 Å². The number of halogens is 1. The van der Waals surface area contributed by atoms with Crippen LogP contribution in [-0.4, -0.2) is 23.5 Å². The van der Waals surface area contributed by atoms with Crippen LogP contribution in [0, 0.1) is 5.92 Å². The van der Waals surface area contributed by atoms with Crippen molar-refractivity contribution in [3.8, 4) is 0 Å². The average molecular weight is 281 g/mol. The molecule has 0 bridgehead atoms. The van der Waals surface area contributed by atoms with E-state index >= 15 is 0 Å². The molecule has 0 aromatic heterocycles. The van der Waals surface area contributed by atoms with E-state index in [9.17, 15) is 0 Å². The number of nitrogens with two attached hydrogens (primary N) is 1. The number of likely N-dealkylation sites (tertiary alicyclic amines) is 1. The number of piperidine rings is 1. The zero-order valence-electron chi connectivity index (χ0n) is 12.1. The van der Waals surface area contributed by atoms with E-state index in [1.54, 1.807) is 0 Å². The average Bonchev–Trinajstić information content (AvgIpc) is 2.36. The summed E-state index contributed by atoms with van der Waals surface area (Å²) in [7, 11) is 0. The molecule has 4 atom stereocenters. The van der Waals surface area contributed by atoms with Gasteiger partial charge in [0, 0.05) is 29.7 Å². The van der Waals surface area contributed by atoms with Crippen molar-refractivity contribution < 1.29 is 0 Å². The van der Waals surface area contributed by atoms with Crippen LogP contribution >= 0.6 is 11.6 Å². The third-order valence-corrected chi connectivity index (χ3v) is 4.48. The van der Waals surface area contributed by atoms with Crippen LogP contribution < -0.4 is 5.73 Å². The molecule has 106 valence electrons. The zero-order chi connectivity index (χ0) is 14.0. The Kier molecular flexibility index (Phi) is 4.88. The lowest BCUT2D eigenvalue weighted by Gasteiger charge is -2.44. The summed E-state index contributed by atoms with van der Waals surface area (Å²) in [5.41, 5.74) is 7.55. The molecule has 2 rings (SSSR count). The molecule has 0 radical (unpaired) electrons. The molecule has 4 unspecified atom stereocenters. The molecule has 1 aliphatic heterocycles. The van der Waals surface area contributed by atoms with Crippen LogP contribution in [0.1, 0.15) is 45.2 Å². The standard InChI is InChI=1S/C16H25ClN2/c1-11-4-5-12(2)19(10-11)16(13(3)18)14-6-8-15(17)9-7-14/h6-9,11-13,16H,4-5,10,18H2,1-3H3. The van der Waals surface area contributed by atoms with Gasteiger partial charge in [-0.2, -0.15) is 0 Å². The first-order chi connectivity index (χ1) is 8.99.